The van der Waals surface area contributed by atoms with Crippen LogP contribution in [0.2, 0.25) is 0 Å². The van der Waals surface area contributed by atoms with E-state index in [2.05, 4.69) is 14.9 Å². The number of hydrogen-bond donors (Lipinski definition) is 0. The number of amides is 1. The number of hydrogen-bond acceptors (Lipinski definition) is 4. The number of likely N-dealkylation sites (N-methyl/N-ethyl adjacent to an activating group) is 1. The Morgan fingerprint density at radius 3 is 2.82 bits per heavy atom. The summed E-state index contributed by atoms with van der Waals surface area (Å²) in [7, 11) is 1.81. The molecule has 1 aromatic heterocycles. The summed E-state index contributed by atoms with van der Waals surface area (Å²) in [4.78, 5) is 24.0. The summed E-state index contributed by atoms with van der Waals surface area (Å²) in [5.41, 5.74) is 0.824. The van der Waals surface area contributed by atoms with E-state index in [4.69, 9.17) is 0 Å². The second-order valence-electron chi connectivity index (χ2n) is 4.43. The molecule has 0 atom stereocenters. The third-order valence-corrected chi connectivity index (χ3v) is 3.00. The smallest absolute Gasteiger partial charge is 0.236 e. The fourth-order valence-electron chi connectivity index (χ4n) is 2.00. The summed E-state index contributed by atoms with van der Waals surface area (Å²) in [5, 5.41) is 0. The molecule has 1 amide bonds. The van der Waals surface area contributed by atoms with Gasteiger partial charge in [-0.25, -0.2) is 0 Å². The van der Waals surface area contributed by atoms with Gasteiger partial charge in [-0.2, -0.15) is 0 Å². The first kappa shape index (κ1) is 12.0. The quantitative estimate of drug-likeness (QED) is 0.762. The van der Waals surface area contributed by atoms with E-state index >= 15 is 0 Å². The molecule has 5 heteroatoms. The molecule has 2 rings (SSSR count). The van der Waals surface area contributed by atoms with Gasteiger partial charge in [0.1, 0.15) is 0 Å². The second-order valence-corrected chi connectivity index (χ2v) is 4.43. The summed E-state index contributed by atoms with van der Waals surface area (Å²) < 4.78 is 0. The van der Waals surface area contributed by atoms with Crippen LogP contribution in [-0.2, 0) is 11.3 Å². The molecule has 0 saturated carbocycles. The average Bonchev–Trinajstić information content (AvgIpc) is 2.83. The first-order chi connectivity index (χ1) is 8.25. The Bertz CT molecular complexity index is 362. The van der Waals surface area contributed by atoms with Gasteiger partial charge in [-0.3, -0.25) is 19.7 Å². The van der Waals surface area contributed by atoms with Crippen molar-refractivity contribution in [3.8, 4) is 0 Å². The lowest BCUT2D eigenvalue weighted by atomic mass is 10.4. The number of rotatable bonds is 4. The predicted molar refractivity (Wildman–Crippen MR) is 64.2 cm³/mol. The van der Waals surface area contributed by atoms with Crippen molar-refractivity contribution < 1.29 is 4.79 Å². The molecule has 1 aliphatic heterocycles. The van der Waals surface area contributed by atoms with Crippen molar-refractivity contribution in [2.75, 3.05) is 26.7 Å². The van der Waals surface area contributed by atoms with Crippen molar-refractivity contribution in [1.29, 1.82) is 0 Å². The van der Waals surface area contributed by atoms with Crippen LogP contribution in [0, 0.1) is 0 Å². The molecule has 0 aliphatic carbocycles. The minimum absolute atomic E-state index is 0.151. The van der Waals surface area contributed by atoms with Crippen LogP contribution >= 0.6 is 0 Å². The molecule has 0 bridgehead atoms. The van der Waals surface area contributed by atoms with Gasteiger partial charge in [-0.05, 0) is 25.9 Å². The largest absolute Gasteiger partial charge is 0.339 e. The average molecular weight is 234 g/mol. The molecular weight excluding hydrogens is 216 g/mol. The van der Waals surface area contributed by atoms with E-state index in [1.165, 1.54) is 12.8 Å². The fraction of sp³-hybridized carbons (Fsp3) is 0.583. The number of nitrogens with zero attached hydrogens (tertiary/aromatic N) is 4. The van der Waals surface area contributed by atoms with Crippen LogP contribution in [-0.4, -0.2) is 52.4 Å². The van der Waals surface area contributed by atoms with Crippen molar-refractivity contribution >= 4 is 5.91 Å². The van der Waals surface area contributed by atoms with E-state index in [9.17, 15) is 4.79 Å². The first-order valence-electron chi connectivity index (χ1n) is 5.97. The second kappa shape index (κ2) is 5.72. The zero-order valence-electron chi connectivity index (χ0n) is 10.2. The highest BCUT2D eigenvalue weighted by atomic mass is 16.2. The van der Waals surface area contributed by atoms with E-state index < -0.39 is 0 Å². The molecular formula is C12H18N4O. The Morgan fingerprint density at radius 1 is 1.41 bits per heavy atom. The van der Waals surface area contributed by atoms with Gasteiger partial charge in [0, 0.05) is 19.4 Å². The van der Waals surface area contributed by atoms with Crippen LogP contribution in [0.3, 0.4) is 0 Å². The zero-order chi connectivity index (χ0) is 12.1. The lowest BCUT2D eigenvalue weighted by Crippen LogP contribution is -2.36. The Hall–Kier alpha value is -1.49. The van der Waals surface area contributed by atoms with Crippen LogP contribution in [0.1, 0.15) is 18.5 Å². The maximum atomic E-state index is 11.9. The van der Waals surface area contributed by atoms with Crippen LogP contribution in [0.15, 0.2) is 18.6 Å². The third kappa shape index (κ3) is 3.49. The minimum Gasteiger partial charge on any atom is -0.339 e. The summed E-state index contributed by atoms with van der Waals surface area (Å²) >= 11 is 0. The molecule has 5 nitrogen and oxygen atoms in total. The molecule has 1 aliphatic rings. The highest BCUT2D eigenvalue weighted by Crippen LogP contribution is 2.07. The zero-order valence-corrected chi connectivity index (χ0v) is 10.2. The third-order valence-electron chi connectivity index (χ3n) is 3.00. The molecule has 1 aromatic rings. The number of carbonyl (C=O) groups is 1. The Morgan fingerprint density at radius 2 is 2.18 bits per heavy atom. The Labute approximate surface area is 101 Å². The summed E-state index contributed by atoms with van der Waals surface area (Å²) in [6.07, 6.45) is 7.39. The SMILES string of the molecule is CN(Cc1cnccn1)C(=O)CN1CCCC1. The van der Waals surface area contributed by atoms with E-state index in [1.807, 2.05) is 7.05 Å². The van der Waals surface area contributed by atoms with Crippen LogP contribution in [0.5, 0.6) is 0 Å². The first-order valence-corrected chi connectivity index (χ1v) is 5.97. The van der Waals surface area contributed by atoms with Gasteiger partial charge in [-0.1, -0.05) is 0 Å². The van der Waals surface area contributed by atoms with Gasteiger partial charge in [0.2, 0.25) is 5.91 Å². The Kier molecular flexibility index (Phi) is 4.03. The van der Waals surface area contributed by atoms with Crippen molar-refractivity contribution in [1.82, 2.24) is 19.8 Å². The highest BCUT2D eigenvalue weighted by molar-refractivity contribution is 5.77. The molecule has 0 radical (unpaired) electrons. The van der Waals surface area contributed by atoms with Crippen LogP contribution < -0.4 is 0 Å². The Balaban J connectivity index is 1.82. The molecule has 0 spiro atoms. The summed E-state index contributed by atoms with van der Waals surface area (Å²) in [6.45, 7) is 3.15. The lowest BCUT2D eigenvalue weighted by Gasteiger charge is -2.20. The summed E-state index contributed by atoms with van der Waals surface area (Å²) in [6, 6.07) is 0. The fourth-order valence-corrected chi connectivity index (χ4v) is 2.00. The molecule has 1 fully saturated rings. The molecule has 0 unspecified atom stereocenters. The van der Waals surface area contributed by atoms with E-state index in [1.54, 1.807) is 23.5 Å². The monoisotopic (exact) mass is 234 g/mol. The molecule has 0 N–H and O–H groups in total. The van der Waals surface area contributed by atoms with Gasteiger partial charge in [0.15, 0.2) is 0 Å². The minimum atomic E-state index is 0.151. The van der Waals surface area contributed by atoms with Gasteiger partial charge < -0.3 is 4.90 Å². The van der Waals surface area contributed by atoms with Crippen molar-refractivity contribution in [2.45, 2.75) is 19.4 Å². The molecule has 17 heavy (non-hydrogen) atoms. The number of aromatic nitrogens is 2. The van der Waals surface area contributed by atoms with E-state index in [-0.39, 0.29) is 5.91 Å². The highest BCUT2D eigenvalue weighted by Gasteiger charge is 2.17. The van der Waals surface area contributed by atoms with Crippen LogP contribution in [0.4, 0.5) is 0 Å². The summed E-state index contributed by atoms with van der Waals surface area (Å²) in [5.74, 6) is 0.151. The normalized spacial score (nSPS) is 16.1. The number of likely N-dealkylation sites (tertiary alicyclic amines) is 1. The van der Waals surface area contributed by atoms with E-state index in [0.717, 1.165) is 18.8 Å². The van der Waals surface area contributed by atoms with Gasteiger partial charge in [0.25, 0.3) is 0 Å². The van der Waals surface area contributed by atoms with Crippen LogP contribution in [0.25, 0.3) is 0 Å². The predicted octanol–water partition coefficient (Wildman–Crippen LogP) is 0.531. The van der Waals surface area contributed by atoms with E-state index in [0.29, 0.717) is 13.1 Å². The van der Waals surface area contributed by atoms with Crippen molar-refractivity contribution in [3.05, 3.63) is 24.3 Å². The lowest BCUT2D eigenvalue weighted by molar-refractivity contribution is -0.131. The van der Waals surface area contributed by atoms with Gasteiger partial charge >= 0.3 is 0 Å². The number of carbonyl (C=O) groups excluding carboxylic acids is 1. The maximum Gasteiger partial charge on any atom is 0.236 e. The van der Waals surface area contributed by atoms with Crippen molar-refractivity contribution in [3.63, 3.8) is 0 Å². The van der Waals surface area contributed by atoms with Gasteiger partial charge in [0.05, 0.1) is 25.0 Å². The molecule has 2 heterocycles. The van der Waals surface area contributed by atoms with Gasteiger partial charge in [-0.15, -0.1) is 0 Å². The van der Waals surface area contributed by atoms with Crippen molar-refractivity contribution in [2.24, 2.45) is 0 Å². The molecule has 92 valence electrons. The molecule has 0 aromatic carbocycles. The maximum absolute atomic E-state index is 11.9. The standard InChI is InChI=1S/C12H18N4O/c1-15(9-11-8-13-4-5-14-11)12(17)10-16-6-2-3-7-16/h4-5,8H,2-3,6-7,9-10H2,1H3. The molecule has 1 saturated heterocycles. The topological polar surface area (TPSA) is 49.3 Å².